The lowest BCUT2D eigenvalue weighted by Gasteiger charge is -2.17. The molecule has 1 aliphatic carbocycles. The number of hydrogen-bond donors (Lipinski definition) is 1. The van der Waals surface area contributed by atoms with Gasteiger partial charge in [0.15, 0.2) is 9.84 Å². The van der Waals surface area contributed by atoms with Gasteiger partial charge in [0.05, 0.1) is 11.1 Å². The van der Waals surface area contributed by atoms with E-state index in [1.165, 1.54) is 6.07 Å². The summed E-state index contributed by atoms with van der Waals surface area (Å²) >= 11 is 2.57. The van der Waals surface area contributed by atoms with E-state index in [1.54, 1.807) is 17.8 Å². The van der Waals surface area contributed by atoms with E-state index in [-0.39, 0.29) is 27.7 Å². The first-order chi connectivity index (χ1) is 14.0. The van der Waals surface area contributed by atoms with Crippen LogP contribution in [-0.4, -0.2) is 31.7 Å². The van der Waals surface area contributed by atoms with Gasteiger partial charge in [-0.15, -0.1) is 11.8 Å². The van der Waals surface area contributed by atoms with Crippen LogP contribution >= 0.6 is 34.4 Å². The Balaban J connectivity index is 1.64. The second-order valence-electron chi connectivity index (χ2n) is 7.31. The Morgan fingerprint density at radius 2 is 2.00 bits per heavy atom. The maximum atomic E-state index is 13.6. The zero-order valence-corrected chi connectivity index (χ0v) is 19.6. The third-order valence-electron chi connectivity index (χ3n) is 5.27. The molecular formula is C20H18F2INO4S2. The largest absolute Gasteiger partial charge is 0.456 e. The first kappa shape index (κ1) is 21.8. The quantitative estimate of drug-likeness (QED) is 0.425. The maximum absolute atomic E-state index is 13.6. The molecule has 1 aliphatic heterocycles. The average molecular weight is 565 g/mol. The number of fused-ring (bicyclic) bond motifs is 1. The molecule has 1 unspecified atom stereocenters. The molecule has 5 nitrogen and oxygen atoms in total. The summed E-state index contributed by atoms with van der Waals surface area (Å²) in [6, 6.07) is 8.84. The van der Waals surface area contributed by atoms with Crippen LogP contribution in [0.1, 0.15) is 29.0 Å². The summed E-state index contributed by atoms with van der Waals surface area (Å²) in [5, 5.41) is 2.75. The van der Waals surface area contributed by atoms with Crippen molar-refractivity contribution < 1.29 is 26.7 Å². The van der Waals surface area contributed by atoms with Crippen molar-refractivity contribution in [3.05, 3.63) is 53.1 Å². The van der Waals surface area contributed by atoms with Gasteiger partial charge in [-0.25, -0.2) is 8.42 Å². The van der Waals surface area contributed by atoms with Crippen molar-refractivity contribution in [2.45, 2.75) is 32.8 Å². The molecule has 10 heteroatoms. The highest BCUT2D eigenvalue weighted by Crippen LogP contribution is 2.44. The fraction of sp³-hybridized carbons (Fsp3) is 0.350. The second-order valence-corrected chi connectivity index (χ2v) is 11.8. The lowest BCUT2D eigenvalue weighted by atomic mass is 9.97. The molecule has 160 valence electrons. The molecule has 0 spiro atoms. The number of aryl methyl sites for hydroxylation is 1. The van der Waals surface area contributed by atoms with Gasteiger partial charge in [0.2, 0.25) is 5.91 Å². The van der Waals surface area contributed by atoms with Crippen LogP contribution in [0.15, 0.2) is 41.3 Å². The molecule has 1 heterocycles. The minimum atomic E-state index is -3.78. The number of benzene rings is 2. The smallest absolute Gasteiger partial charge is 0.321 e. The normalized spacial score (nSPS) is 21.4. The van der Waals surface area contributed by atoms with E-state index < -0.39 is 19.3 Å². The van der Waals surface area contributed by atoms with Crippen LogP contribution in [0.3, 0.4) is 0 Å². The Kier molecular flexibility index (Phi) is 5.77. The summed E-state index contributed by atoms with van der Waals surface area (Å²) in [5.41, 5.74) is 1.74. The zero-order valence-electron chi connectivity index (χ0n) is 15.8. The summed E-state index contributed by atoms with van der Waals surface area (Å²) in [6.07, 6.45) is 2.61. The highest BCUT2D eigenvalue weighted by Gasteiger charge is 2.37. The van der Waals surface area contributed by atoms with Crippen molar-refractivity contribution in [3.8, 4) is 11.5 Å². The number of ether oxygens (including phenoxy) is 1. The van der Waals surface area contributed by atoms with Gasteiger partial charge in [-0.1, -0.05) is 6.07 Å². The van der Waals surface area contributed by atoms with Gasteiger partial charge in [0.25, 0.3) is 0 Å². The van der Waals surface area contributed by atoms with E-state index >= 15 is 0 Å². The van der Waals surface area contributed by atoms with Crippen LogP contribution in [-0.2, 0) is 25.0 Å². The third kappa shape index (κ3) is 4.31. The summed E-state index contributed by atoms with van der Waals surface area (Å²) < 4.78 is 54.2. The van der Waals surface area contributed by atoms with Crippen molar-refractivity contribution in [1.82, 2.24) is 5.32 Å². The van der Waals surface area contributed by atoms with Gasteiger partial charge in [0, 0.05) is 40.3 Å². The van der Waals surface area contributed by atoms with E-state index in [0.717, 1.165) is 64.9 Å². The fourth-order valence-electron chi connectivity index (χ4n) is 3.87. The summed E-state index contributed by atoms with van der Waals surface area (Å²) in [6.45, 7) is 0. The predicted octanol–water partition coefficient (Wildman–Crippen LogP) is 4.59. The summed E-state index contributed by atoms with van der Waals surface area (Å²) in [7, 11) is -3.78. The molecule has 1 N–H and O–H groups in total. The van der Waals surface area contributed by atoms with E-state index in [1.807, 2.05) is 12.1 Å². The van der Waals surface area contributed by atoms with Gasteiger partial charge in [0.1, 0.15) is 16.4 Å². The molecule has 30 heavy (non-hydrogen) atoms. The topological polar surface area (TPSA) is 72.5 Å². The van der Waals surface area contributed by atoms with Crippen LogP contribution in [0.5, 0.6) is 11.5 Å². The molecule has 0 aromatic heterocycles. The molecule has 1 saturated heterocycles. The van der Waals surface area contributed by atoms with E-state index in [4.69, 9.17) is 4.74 Å². The Morgan fingerprint density at radius 3 is 2.63 bits per heavy atom. The number of nitrogens with one attached hydrogen (secondary N) is 1. The monoisotopic (exact) mass is 565 g/mol. The Labute approximate surface area is 191 Å². The SMILES string of the molecule is CS(=O)(=O)c1cc(C(F)(F)I)ccc1Oc1ccc2c(c1)CC[C@H]2C1SCNC1=O. The molecule has 2 aliphatic rings. The molecule has 1 amide bonds. The number of alkyl halides is 3. The molecule has 0 radical (unpaired) electrons. The molecule has 2 aromatic rings. The molecule has 2 aromatic carbocycles. The second kappa shape index (κ2) is 7.94. The Morgan fingerprint density at radius 1 is 1.23 bits per heavy atom. The van der Waals surface area contributed by atoms with Crippen LogP contribution in [0, 0.1) is 0 Å². The van der Waals surface area contributed by atoms with Gasteiger partial charge < -0.3 is 10.1 Å². The van der Waals surface area contributed by atoms with Gasteiger partial charge >= 0.3 is 3.93 Å². The van der Waals surface area contributed by atoms with Crippen molar-refractivity contribution in [2.24, 2.45) is 0 Å². The summed E-state index contributed by atoms with van der Waals surface area (Å²) in [4.78, 5) is 11.8. The van der Waals surface area contributed by atoms with Gasteiger partial charge in [-0.05, 0) is 54.3 Å². The van der Waals surface area contributed by atoms with E-state index in [9.17, 15) is 22.0 Å². The number of carbonyl (C=O) groups excluding carboxylic acids is 1. The van der Waals surface area contributed by atoms with Crippen molar-refractivity contribution >= 4 is 50.1 Å². The number of hydrogen-bond acceptors (Lipinski definition) is 5. The van der Waals surface area contributed by atoms with Crippen molar-refractivity contribution in [2.75, 3.05) is 12.1 Å². The number of halogens is 3. The fourth-order valence-corrected chi connectivity index (χ4v) is 6.17. The summed E-state index contributed by atoms with van der Waals surface area (Å²) in [5.74, 6) is 1.25. The number of sulfone groups is 1. The van der Waals surface area contributed by atoms with Crippen LogP contribution < -0.4 is 10.1 Å². The van der Waals surface area contributed by atoms with Gasteiger partial charge in [-0.3, -0.25) is 4.79 Å². The van der Waals surface area contributed by atoms with Crippen LogP contribution in [0.2, 0.25) is 0 Å². The van der Waals surface area contributed by atoms with E-state index in [0.29, 0.717) is 11.6 Å². The van der Waals surface area contributed by atoms with Gasteiger partial charge in [-0.2, -0.15) is 8.78 Å². The van der Waals surface area contributed by atoms with E-state index in [2.05, 4.69) is 5.32 Å². The van der Waals surface area contributed by atoms with Crippen LogP contribution in [0.4, 0.5) is 8.78 Å². The third-order valence-corrected chi connectivity index (χ3v) is 8.22. The Hall–Kier alpha value is -1.40. The zero-order chi connectivity index (χ0) is 21.7. The minimum Gasteiger partial charge on any atom is -0.456 e. The maximum Gasteiger partial charge on any atom is 0.321 e. The van der Waals surface area contributed by atoms with Crippen LogP contribution in [0.25, 0.3) is 0 Å². The number of amides is 1. The molecular weight excluding hydrogens is 547 g/mol. The lowest BCUT2D eigenvalue weighted by molar-refractivity contribution is -0.119. The lowest BCUT2D eigenvalue weighted by Crippen LogP contribution is -2.26. The average Bonchev–Trinajstić information content (AvgIpc) is 3.25. The standard InChI is InChI=1S/C20H18F2INO4S2/c1-30(26,27)17-9-12(20(21,22)23)3-7-16(17)28-13-4-6-14-11(8-13)2-5-15(14)18-19(25)24-10-29-18/h3-4,6-9,15,18H,2,5,10H2,1H3,(H,24,25)/t15-,18?/m1/s1. The molecule has 0 bridgehead atoms. The molecule has 4 rings (SSSR count). The van der Waals surface area contributed by atoms with Crippen molar-refractivity contribution in [3.63, 3.8) is 0 Å². The highest BCUT2D eigenvalue weighted by atomic mass is 127. The molecule has 1 fully saturated rings. The molecule has 2 atom stereocenters. The molecule has 0 saturated carbocycles. The first-order valence-corrected chi connectivity index (χ1v) is 13.2. The predicted molar refractivity (Wildman–Crippen MR) is 119 cm³/mol. The number of carbonyl (C=O) groups is 1. The Bertz CT molecular complexity index is 1120. The highest BCUT2D eigenvalue weighted by molar-refractivity contribution is 14.1. The minimum absolute atomic E-state index is 0.00197. The van der Waals surface area contributed by atoms with Crippen molar-refractivity contribution in [1.29, 1.82) is 0 Å². The number of rotatable bonds is 5. The number of thioether (sulfide) groups is 1. The first-order valence-electron chi connectivity index (χ1n) is 9.15.